The van der Waals surface area contributed by atoms with Crippen molar-refractivity contribution >= 4 is 34.8 Å². The van der Waals surface area contributed by atoms with Gasteiger partial charge in [-0.15, -0.1) is 0 Å². The van der Waals surface area contributed by atoms with Crippen LogP contribution < -0.4 is 10.2 Å². The third-order valence-corrected chi connectivity index (χ3v) is 5.73. The first-order valence-corrected chi connectivity index (χ1v) is 10.7. The van der Waals surface area contributed by atoms with Crippen LogP contribution >= 0.6 is 0 Å². The Morgan fingerprint density at radius 1 is 0.743 bits per heavy atom. The van der Waals surface area contributed by atoms with Crippen molar-refractivity contribution in [2.45, 2.75) is 0 Å². The van der Waals surface area contributed by atoms with Crippen molar-refractivity contribution in [1.82, 2.24) is 0 Å². The SMILES string of the molecule is O=C(Nc1ccccc1-c1ccccc1)c1ccc2c(c1)C(=O)N(c1ccc([N+](=O)[O-])cc1)C2=O. The number of rotatable bonds is 5. The second-order valence-corrected chi connectivity index (χ2v) is 7.85. The third kappa shape index (κ3) is 3.93. The summed E-state index contributed by atoms with van der Waals surface area (Å²) in [6.07, 6.45) is 0. The average molecular weight is 463 g/mol. The van der Waals surface area contributed by atoms with E-state index in [0.29, 0.717) is 5.69 Å². The lowest BCUT2D eigenvalue weighted by Gasteiger charge is -2.13. The standard InChI is InChI=1S/C27H17N3O5/c31-25(28-24-9-5-4-8-21(24)17-6-2-1-3-7-17)18-10-15-22-23(16-18)27(33)29(26(22)32)19-11-13-20(14-12-19)30(34)35/h1-16H,(H,28,31). The highest BCUT2D eigenvalue weighted by atomic mass is 16.6. The molecular formula is C27H17N3O5. The van der Waals surface area contributed by atoms with Crippen molar-refractivity contribution in [2.75, 3.05) is 10.2 Å². The predicted molar refractivity (Wildman–Crippen MR) is 131 cm³/mol. The number of nitrogens with zero attached hydrogens (tertiary/aromatic N) is 2. The number of amides is 3. The van der Waals surface area contributed by atoms with E-state index in [9.17, 15) is 24.5 Å². The Morgan fingerprint density at radius 2 is 1.40 bits per heavy atom. The number of para-hydroxylation sites is 1. The minimum atomic E-state index is -0.599. The largest absolute Gasteiger partial charge is 0.321 e. The molecule has 0 atom stereocenters. The van der Waals surface area contributed by atoms with Crippen LogP contribution in [0.25, 0.3) is 11.1 Å². The van der Waals surface area contributed by atoms with Gasteiger partial charge in [0.2, 0.25) is 0 Å². The van der Waals surface area contributed by atoms with Gasteiger partial charge < -0.3 is 5.32 Å². The maximum Gasteiger partial charge on any atom is 0.269 e. The summed E-state index contributed by atoms with van der Waals surface area (Å²) in [7, 11) is 0. The van der Waals surface area contributed by atoms with Gasteiger partial charge in [0.25, 0.3) is 23.4 Å². The van der Waals surface area contributed by atoms with Crippen molar-refractivity contribution < 1.29 is 19.3 Å². The zero-order valence-electron chi connectivity index (χ0n) is 18.2. The quantitative estimate of drug-likeness (QED) is 0.245. The van der Waals surface area contributed by atoms with Crippen molar-refractivity contribution in [3.63, 3.8) is 0 Å². The van der Waals surface area contributed by atoms with Gasteiger partial charge in [-0.05, 0) is 42.0 Å². The Bertz CT molecular complexity index is 1500. The summed E-state index contributed by atoms with van der Waals surface area (Å²) < 4.78 is 0. The number of non-ortho nitro benzene ring substituents is 1. The Labute approximate surface area is 199 Å². The molecule has 1 aliphatic heterocycles. The summed E-state index contributed by atoms with van der Waals surface area (Å²) in [5.41, 5.74) is 2.93. The van der Waals surface area contributed by atoms with Crippen LogP contribution in [0.15, 0.2) is 97.1 Å². The van der Waals surface area contributed by atoms with Gasteiger partial charge >= 0.3 is 0 Å². The highest BCUT2D eigenvalue weighted by Crippen LogP contribution is 2.31. The third-order valence-electron chi connectivity index (χ3n) is 5.73. The number of nitro benzene ring substituents is 1. The van der Waals surface area contributed by atoms with Gasteiger partial charge in [0.05, 0.1) is 21.7 Å². The molecule has 0 aromatic heterocycles. The number of benzene rings is 4. The molecule has 0 saturated heterocycles. The molecule has 0 fully saturated rings. The van der Waals surface area contributed by atoms with Gasteiger partial charge in [-0.25, -0.2) is 4.90 Å². The normalized spacial score (nSPS) is 12.4. The van der Waals surface area contributed by atoms with Gasteiger partial charge in [-0.2, -0.15) is 0 Å². The molecule has 3 amide bonds. The molecule has 0 unspecified atom stereocenters. The summed E-state index contributed by atoms with van der Waals surface area (Å²) in [5.74, 6) is -1.58. The Kier molecular flexibility index (Phi) is 5.39. The van der Waals surface area contributed by atoms with E-state index in [2.05, 4.69) is 5.32 Å². The second-order valence-electron chi connectivity index (χ2n) is 7.85. The van der Waals surface area contributed by atoms with E-state index in [1.807, 2.05) is 48.5 Å². The highest BCUT2D eigenvalue weighted by Gasteiger charge is 2.37. The number of hydrogen-bond acceptors (Lipinski definition) is 5. The van der Waals surface area contributed by atoms with Crippen LogP contribution in [0.2, 0.25) is 0 Å². The summed E-state index contributed by atoms with van der Waals surface area (Å²) in [5, 5.41) is 13.8. The molecule has 0 aliphatic carbocycles. The van der Waals surface area contributed by atoms with Crippen LogP contribution in [0.3, 0.4) is 0 Å². The second kappa shape index (κ2) is 8.68. The molecule has 1 N–H and O–H groups in total. The maximum atomic E-state index is 13.1. The molecule has 0 bridgehead atoms. The molecule has 0 spiro atoms. The minimum absolute atomic E-state index is 0.0948. The van der Waals surface area contributed by atoms with Crippen molar-refractivity contribution in [3.8, 4) is 11.1 Å². The van der Waals surface area contributed by atoms with Crippen molar-refractivity contribution in [1.29, 1.82) is 0 Å². The van der Waals surface area contributed by atoms with E-state index in [-0.39, 0.29) is 28.1 Å². The number of imide groups is 1. The molecule has 4 aromatic rings. The fourth-order valence-electron chi connectivity index (χ4n) is 4.00. The molecule has 4 aromatic carbocycles. The Balaban J connectivity index is 1.42. The van der Waals surface area contributed by atoms with Crippen LogP contribution in [-0.4, -0.2) is 22.6 Å². The van der Waals surface area contributed by atoms with E-state index in [1.54, 1.807) is 6.07 Å². The summed E-state index contributed by atoms with van der Waals surface area (Å²) in [6, 6.07) is 26.5. The van der Waals surface area contributed by atoms with Gasteiger partial charge in [-0.3, -0.25) is 24.5 Å². The molecule has 0 radical (unpaired) electrons. The van der Waals surface area contributed by atoms with E-state index in [4.69, 9.17) is 0 Å². The number of nitro groups is 1. The van der Waals surface area contributed by atoms with Crippen LogP contribution in [0.5, 0.6) is 0 Å². The molecule has 170 valence electrons. The number of carbonyl (C=O) groups is 3. The minimum Gasteiger partial charge on any atom is -0.321 e. The number of hydrogen-bond donors (Lipinski definition) is 1. The van der Waals surface area contributed by atoms with Crippen LogP contribution in [0.4, 0.5) is 17.1 Å². The number of anilines is 2. The lowest BCUT2D eigenvalue weighted by molar-refractivity contribution is -0.384. The predicted octanol–water partition coefficient (Wildman–Crippen LogP) is 5.31. The van der Waals surface area contributed by atoms with E-state index >= 15 is 0 Å². The van der Waals surface area contributed by atoms with Gasteiger partial charge in [0, 0.05) is 28.9 Å². The van der Waals surface area contributed by atoms with E-state index in [1.165, 1.54) is 42.5 Å². The zero-order chi connectivity index (χ0) is 24.5. The first-order valence-electron chi connectivity index (χ1n) is 10.7. The van der Waals surface area contributed by atoms with Crippen molar-refractivity contribution in [3.05, 3.63) is 124 Å². The summed E-state index contributed by atoms with van der Waals surface area (Å²) in [6.45, 7) is 0. The van der Waals surface area contributed by atoms with Crippen LogP contribution in [-0.2, 0) is 0 Å². The van der Waals surface area contributed by atoms with Gasteiger partial charge in [0.15, 0.2) is 0 Å². The first-order chi connectivity index (χ1) is 16.9. The topological polar surface area (TPSA) is 110 Å². The van der Waals surface area contributed by atoms with Gasteiger partial charge in [-0.1, -0.05) is 48.5 Å². The molecule has 1 aliphatic rings. The fraction of sp³-hybridized carbons (Fsp3) is 0. The molecule has 5 rings (SSSR count). The van der Waals surface area contributed by atoms with Crippen molar-refractivity contribution in [2.24, 2.45) is 0 Å². The molecule has 8 nitrogen and oxygen atoms in total. The Hall–Kier alpha value is -5.11. The zero-order valence-corrected chi connectivity index (χ0v) is 18.2. The lowest BCUT2D eigenvalue weighted by atomic mass is 10.0. The Morgan fingerprint density at radius 3 is 2.11 bits per heavy atom. The summed E-state index contributed by atoms with van der Waals surface area (Å²) >= 11 is 0. The number of fused-ring (bicyclic) bond motifs is 1. The fourth-order valence-corrected chi connectivity index (χ4v) is 4.00. The van der Waals surface area contributed by atoms with Gasteiger partial charge in [0.1, 0.15) is 0 Å². The molecule has 8 heteroatoms. The maximum absolute atomic E-state index is 13.1. The van der Waals surface area contributed by atoms with E-state index < -0.39 is 22.6 Å². The first kappa shape index (κ1) is 21.7. The lowest BCUT2D eigenvalue weighted by Crippen LogP contribution is -2.29. The summed E-state index contributed by atoms with van der Waals surface area (Å²) in [4.78, 5) is 50.2. The molecule has 1 heterocycles. The number of nitrogens with one attached hydrogen (secondary N) is 1. The smallest absolute Gasteiger partial charge is 0.269 e. The molecular weight excluding hydrogens is 446 g/mol. The molecule has 0 saturated carbocycles. The molecule has 35 heavy (non-hydrogen) atoms. The van der Waals surface area contributed by atoms with Crippen LogP contribution in [0.1, 0.15) is 31.1 Å². The number of carbonyl (C=O) groups excluding carboxylic acids is 3. The average Bonchev–Trinajstić information content (AvgIpc) is 3.14. The van der Waals surface area contributed by atoms with E-state index in [0.717, 1.165) is 16.0 Å². The monoisotopic (exact) mass is 463 g/mol. The highest BCUT2D eigenvalue weighted by molar-refractivity contribution is 6.34. The van der Waals surface area contributed by atoms with Crippen LogP contribution in [0, 0.1) is 10.1 Å².